The Hall–Kier alpha value is -4.31. The quantitative estimate of drug-likeness (QED) is 0.250. The van der Waals surface area contributed by atoms with Crippen LogP contribution >= 0.6 is 0 Å². The van der Waals surface area contributed by atoms with E-state index in [2.05, 4.69) is 26.9 Å². The number of benzene rings is 3. The fraction of sp³-hybridized carbons (Fsp3) is 0.179. The lowest BCUT2D eigenvalue weighted by Gasteiger charge is -2.29. The maximum absolute atomic E-state index is 13.3. The molecule has 4 rings (SSSR count). The predicted octanol–water partition coefficient (Wildman–Crippen LogP) is 3.84. The van der Waals surface area contributed by atoms with Crippen molar-refractivity contribution in [2.45, 2.75) is 30.1 Å². The van der Waals surface area contributed by atoms with Gasteiger partial charge in [-0.25, -0.2) is 13.6 Å². The van der Waals surface area contributed by atoms with Crippen LogP contribution in [0.15, 0.2) is 77.8 Å². The summed E-state index contributed by atoms with van der Waals surface area (Å²) in [6.45, 7) is 1.08. The number of primary sulfonamides is 1. The second-order valence-corrected chi connectivity index (χ2v) is 10.8. The average Bonchev–Trinajstić information content (AvgIpc) is 3.29. The first-order valence-corrected chi connectivity index (χ1v) is 13.3. The Labute approximate surface area is 228 Å². The maximum Gasteiger partial charge on any atom is 0.573 e. The molecule has 0 bridgehead atoms. The Balaban J connectivity index is 1.63. The van der Waals surface area contributed by atoms with Crippen LogP contribution in [0.1, 0.15) is 34.0 Å². The van der Waals surface area contributed by atoms with E-state index in [9.17, 15) is 31.5 Å². The molecule has 0 saturated heterocycles. The van der Waals surface area contributed by atoms with Gasteiger partial charge in [-0.15, -0.1) is 13.2 Å². The molecule has 1 atom stereocenters. The molecule has 12 heteroatoms. The summed E-state index contributed by atoms with van der Waals surface area (Å²) >= 11 is 0. The number of carbonyl (C=O) groups is 1. The van der Waals surface area contributed by atoms with Gasteiger partial charge in [-0.2, -0.15) is 0 Å². The van der Waals surface area contributed by atoms with Crippen molar-refractivity contribution in [1.82, 2.24) is 10.3 Å². The second-order valence-electron chi connectivity index (χ2n) is 9.29. The first-order chi connectivity index (χ1) is 18.8. The van der Waals surface area contributed by atoms with Gasteiger partial charge < -0.3 is 20.1 Å². The number of nitrogens with two attached hydrogens (primary N) is 1. The summed E-state index contributed by atoms with van der Waals surface area (Å²) in [6, 6.07) is 16.2. The van der Waals surface area contributed by atoms with E-state index in [1.54, 1.807) is 13.1 Å². The molecule has 0 radical (unpaired) electrons. The minimum absolute atomic E-state index is 0.106. The highest BCUT2D eigenvalue weighted by molar-refractivity contribution is 7.89. The molecular formula is C28H24F3N3O5S. The van der Waals surface area contributed by atoms with Crippen molar-refractivity contribution in [3.63, 3.8) is 0 Å². The van der Waals surface area contributed by atoms with E-state index >= 15 is 0 Å². The van der Waals surface area contributed by atoms with Crippen LogP contribution in [-0.4, -0.2) is 42.9 Å². The summed E-state index contributed by atoms with van der Waals surface area (Å²) in [5.41, 5.74) is 0.581. The molecule has 4 aromatic rings. The molecule has 1 amide bonds. The first-order valence-electron chi connectivity index (χ1n) is 11.8. The minimum atomic E-state index is -5.06. The third kappa shape index (κ3) is 7.01. The number of nitrogens with one attached hydrogen (secondary N) is 2. The lowest BCUT2D eigenvalue weighted by molar-refractivity contribution is -0.274. The summed E-state index contributed by atoms with van der Waals surface area (Å²) < 4.78 is 66.2. The highest BCUT2D eigenvalue weighted by Crippen LogP contribution is 2.29. The average molecular weight is 572 g/mol. The van der Waals surface area contributed by atoms with Crippen molar-refractivity contribution in [1.29, 1.82) is 0 Å². The Kier molecular flexibility index (Phi) is 7.93. The third-order valence-corrected chi connectivity index (χ3v) is 6.93. The van der Waals surface area contributed by atoms with Crippen LogP contribution in [0.4, 0.5) is 13.2 Å². The second kappa shape index (κ2) is 11.1. The van der Waals surface area contributed by atoms with Crippen LogP contribution in [0.25, 0.3) is 10.9 Å². The topological polar surface area (TPSA) is 135 Å². The van der Waals surface area contributed by atoms with Gasteiger partial charge in [-0.1, -0.05) is 30.0 Å². The molecule has 5 N–H and O–H groups in total. The number of aliphatic hydroxyl groups excluding tert-OH is 1. The SMILES string of the molecule is CC(CO)(Cc1c[nH]c2ccccc12)NC(=O)c1cc(C#Cc2ccc(S(N)(=O)=O)cc2)ccc1OC(F)(F)F. The normalized spacial score (nSPS) is 13.2. The van der Waals surface area contributed by atoms with Gasteiger partial charge in [-0.05, 0) is 67.4 Å². The van der Waals surface area contributed by atoms with Crippen molar-refractivity contribution < 1.29 is 36.2 Å². The third-order valence-electron chi connectivity index (χ3n) is 6.00. The zero-order valence-electron chi connectivity index (χ0n) is 21.0. The number of aliphatic hydroxyl groups is 1. The summed E-state index contributed by atoms with van der Waals surface area (Å²) in [7, 11) is -3.88. The van der Waals surface area contributed by atoms with Gasteiger partial charge >= 0.3 is 6.36 Å². The van der Waals surface area contributed by atoms with Crippen LogP contribution in [0, 0.1) is 11.8 Å². The Morgan fingerprint density at radius 3 is 2.35 bits per heavy atom. The lowest BCUT2D eigenvalue weighted by Crippen LogP contribution is -2.50. The fourth-order valence-corrected chi connectivity index (χ4v) is 4.57. The van der Waals surface area contributed by atoms with Crippen LogP contribution in [0.2, 0.25) is 0 Å². The number of aromatic amines is 1. The van der Waals surface area contributed by atoms with Gasteiger partial charge in [0.1, 0.15) is 5.75 Å². The highest BCUT2D eigenvalue weighted by atomic mass is 32.2. The van der Waals surface area contributed by atoms with E-state index in [0.29, 0.717) is 5.56 Å². The highest BCUT2D eigenvalue weighted by Gasteiger charge is 2.34. The van der Waals surface area contributed by atoms with Crippen LogP contribution in [0.5, 0.6) is 5.75 Å². The predicted molar refractivity (Wildman–Crippen MR) is 142 cm³/mol. The molecule has 0 spiro atoms. The maximum atomic E-state index is 13.3. The fourth-order valence-electron chi connectivity index (χ4n) is 4.05. The molecule has 0 aliphatic carbocycles. The minimum Gasteiger partial charge on any atom is -0.405 e. The standard InChI is InChI=1S/C28H24F3N3O5S/c1-27(17-35,15-20-16-33-24-5-3-2-4-22(20)24)34-26(36)23-14-19(10-13-25(23)39-28(29,30)31)7-6-18-8-11-21(12-9-18)40(32,37)38/h2-5,8-14,16,33,35H,15,17H2,1H3,(H,34,36)(H2,32,37,38). The molecule has 0 aliphatic rings. The largest absolute Gasteiger partial charge is 0.573 e. The number of rotatable bonds is 7. The lowest BCUT2D eigenvalue weighted by atomic mass is 9.92. The number of alkyl halides is 3. The number of hydrogen-bond acceptors (Lipinski definition) is 5. The zero-order chi connectivity index (χ0) is 29.1. The number of H-pyrrole nitrogens is 1. The smallest absolute Gasteiger partial charge is 0.405 e. The van der Waals surface area contributed by atoms with Gasteiger partial charge in [0.15, 0.2) is 0 Å². The molecule has 1 unspecified atom stereocenters. The van der Waals surface area contributed by atoms with Crippen molar-refractivity contribution >= 4 is 26.8 Å². The van der Waals surface area contributed by atoms with Crippen molar-refractivity contribution in [2.24, 2.45) is 5.14 Å². The van der Waals surface area contributed by atoms with Crippen molar-refractivity contribution in [3.05, 3.63) is 95.2 Å². The molecule has 40 heavy (non-hydrogen) atoms. The van der Waals surface area contributed by atoms with Crippen LogP contribution in [0.3, 0.4) is 0 Å². The molecule has 0 aliphatic heterocycles. The summed E-state index contributed by atoms with van der Waals surface area (Å²) in [4.78, 5) is 16.3. The monoisotopic (exact) mass is 571 g/mol. The molecule has 1 aromatic heterocycles. The van der Waals surface area contributed by atoms with Crippen LogP contribution < -0.4 is 15.2 Å². The van der Waals surface area contributed by atoms with E-state index in [1.807, 2.05) is 24.3 Å². The Morgan fingerprint density at radius 1 is 1.05 bits per heavy atom. The number of para-hydroxylation sites is 1. The molecular weight excluding hydrogens is 547 g/mol. The summed E-state index contributed by atoms with van der Waals surface area (Å²) in [6.07, 6.45) is -3.13. The van der Waals surface area contributed by atoms with Gasteiger partial charge in [0.2, 0.25) is 10.0 Å². The molecule has 0 saturated carbocycles. The Bertz CT molecular complexity index is 1720. The Morgan fingerprint density at radius 2 is 1.70 bits per heavy atom. The van der Waals surface area contributed by atoms with E-state index in [0.717, 1.165) is 28.6 Å². The number of aromatic nitrogens is 1. The number of carbonyl (C=O) groups excluding carboxylic acids is 1. The number of hydrogen-bond donors (Lipinski definition) is 4. The van der Waals surface area contributed by atoms with Gasteiger partial charge in [0, 0.05) is 28.2 Å². The van der Waals surface area contributed by atoms with Crippen molar-refractivity contribution in [2.75, 3.05) is 6.61 Å². The molecule has 0 fully saturated rings. The molecule has 3 aromatic carbocycles. The first kappa shape index (κ1) is 28.7. The van der Waals surface area contributed by atoms with E-state index in [-0.39, 0.29) is 16.9 Å². The summed E-state index contributed by atoms with van der Waals surface area (Å²) in [5, 5.41) is 18.7. The van der Waals surface area contributed by atoms with E-state index in [1.165, 1.54) is 30.3 Å². The number of sulfonamides is 1. The zero-order valence-corrected chi connectivity index (χ0v) is 21.9. The number of fused-ring (bicyclic) bond motifs is 1. The summed E-state index contributed by atoms with van der Waals surface area (Å²) in [5.74, 6) is 3.85. The van der Waals surface area contributed by atoms with E-state index in [4.69, 9.17) is 5.14 Å². The van der Waals surface area contributed by atoms with Crippen LogP contribution in [-0.2, 0) is 16.4 Å². The number of ether oxygens (including phenoxy) is 1. The van der Waals surface area contributed by atoms with E-state index < -0.39 is 45.8 Å². The molecule has 1 heterocycles. The molecule has 208 valence electrons. The number of halogens is 3. The van der Waals surface area contributed by atoms with Gasteiger partial charge in [-0.3, -0.25) is 4.79 Å². The molecule has 8 nitrogen and oxygen atoms in total. The van der Waals surface area contributed by atoms with Crippen molar-refractivity contribution in [3.8, 4) is 17.6 Å². The number of amides is 1. The van der Waals surface area contributed by atoms with Gasteiger partial charge in [0.05, 0.1) is 22.6 Å². The van der Waals surface area contributed by atoms with Gasteiger partial charge in [0.25, 0.3) is 5.91 Å².